The Labute approximate surface area is 115 Å². The van der Waals surface area contributed by atoms with Gasteiger partial charge >= 0.3 is 0 Å². The molecule has 0 aliphatic heterocycles. The van der Waals surface area contributed by atoms with Crippen LogP contribution in [0.25, 0.3) is 0 Å². The maximum Gasteiger partial charge on any atom is 0.263 e. The van der Waals surface area contributed by atoms with Crippen LogP contribution in [-0.2, 0) is 6.42 Å². The summed E-state index contributed by atoms with van der Waals surface area (Å²) in [7, 11) is 0. The highest BCUT2D eigenvalue weighted by Crippen LogP contribution is 2.18. The normalized spacial score (nSPS) is 10.3. The van der Waals surface area contributed by atoms with Gasteiger partial charge in [-0.05, 0) is 35.6 Å². The Bertz CT molecular complexity index is 536. The molecule has 0 aliphatic carbocycles. The van der Waals surface area contributed by atoms with Crippen molar-refractivity contribution in [2.45, 2.75) is 6.42 Å². The molecule has 2 rings (SSSR count). The molecular weight excluding hydrogens is 268 g/mol. The van der Waals surface area contributed by atoms with Crippen LogP contribution in [0.3, 0.4) is 0 Å². The molecule has 1 amide bonds. The molecule has 1 heterocycles. The number of hydrogen-bond acceptors (Lipinski definition) is 3. The number of nitrogen functional groups attached to an aromatic ring is 1. The summed E-state index contributed by atoms with van der Waals surface area (Å²) in [5, 5.41) is 5.37. The third-order valence-electron chi connectivity index (χ3n) is 2.51. The number of carbonyl (C=O) groups is 1. The number of benzene rings is 1. The molecule has 0 aliphatic rings. The maximum atomic E-state index is 11.8. The molecular formula is C13H13ClN2OS. The summed E-state index contributed by atoms with van der Waals surface area (Å²) in [4.78, 5) is 12.3. The van der Waals surface area contributed by atoms with Crippen LogP contribution in [0, 0.1) is 0 Å². The Morgan fingerprint density at radius 3 is 2.61 bits per heavy atom. The number of halogens is 1. The number of rotatable bonds is 4. The summed E-state index contributed by atoms with van der Waals surface area (Å²) in [6.45, 7) is 0.581. The topological polar surface area (TPSA) is 55.1 Å². The minimum atomic E-state index is -0.114. The molecule has 0 saturated heterocycles. The molecule has 1 aromatic heterocycles. The third-order valence-corrected chi connectivity index (χ3v) is 3.70. The first-order chi connectivity index (χ1) is 8.66. The fourth-order valence-electron chi connectivity index (χ4n) is 1.56. The molecule has 0 unspecified atom stereocenters. The zero-order chi connectivity index (χ0) is 13.0. The Balaban J connectivity index is 1.84. The second-order valence-electron chi connectivity index (χ2n) is 3.84. The van der Waals surface area contributed by atoms with E-state index in [0.717, 1.165) is 12.0 Å². The number of thiophene rings is 1. The van der Waals surface area contributed by atoms with Crippen LogP contribution < -0.4 is 11.1 Å². The zero-order valence-corrected chi connectivity index (χ0v) is 11.2. The number of hydrogen-bond donors (Lipinski definition) is 2. The summed E-state index contributed by atoms with van der Waals surface area (Å²) in [6, 6.07) is 9.33. The monoisotopic (exact) mass is 280 g/mol. The number of nitrogens with two attached hydrogens (primary N) is 1. The number of anilines is 1. The van der Waals surface area contributed by atoms with Gasteiger partial charge in [-0.25, -0.2) is 0 Å². The lowest BCUT2D eigenvalue weighted by atomic mass is 10.1. The highest BCUT2D eigenvalue weighted by molar-refractivity contribution is 7.12. The van der Waals surface area contributed by atoms with Gasteiger partial charge in [0.15, 0.2) is 0 Å². The molecule has 0 fully saturated rings. The van der Waals surface area contributed by atoms with E-state index in [1.807, 2.05) is 29.6 Å². The predicted molar refractivity (Wildman–Crippen MR) is 76.2 cm³/mol. The van der Waals surface area contributed by atoms with Gasteiger partial charge in [0.05, 0.1) is 5.69 Å². The lowest BCUT2D eigenvalue weighted by molar-refractivity contribution is 0.0959. The van der Waals surface area contributed by atoms with E-state index in [0.29, 0.717) is 22.1 Å². The molecule has 94 valence electrons. The number of carbonyl (C=O) groups excluding carboxylic acids is 1. The summed E-state index contributed by atoms with van der Waals surface area (Å²) < 4.78 is 0. The van der Waals surface area contributed by atoms with E-state index in [4.69, 9.17) is 17.3 Å². The lowest BCUT2D eigenvalue weighted by Gasteiger charge is -2.04. The standard InChI is InChI=1S/C13H13ClN2OS/c14-10-3-1-9(2-4-10)5-7-16-13(17)12-11(15)6-8-18-12/h1-4,6,8H,5,7,15H2,(H,16,17). The van der Waals surface area contributed by atoms with Gasteiger partial charge in [0, 0.05) is 11.6 Å². The van der Waals surface area contributed by atoms with Crippen molar-refractivity contribution in [1.82, 2.24) is 5.32 Å². The van der Waals surface area contributed by atoms with Gasteiger partial charge in [-0.2, -0.15) is 0 Å². The van der Waals surface area contributed by atoms with Gasteiger partial charge in [0.2, 0.25) is 0 Å². The Kier molecular flexibility index (Phi) is 4.23. The molecule has 3 N–H and O–H groups in total. The molecule has 3 nitrogen and oxygen atoms in total. The van der Waals surface area contributed by atoms with Gasteiger partial charge in [-0.1, -0.05) is 23.7 Å². The molecule has 2 aromatic rings. The van der Waals surface area contributed by atoms with Gasteiger partial charge < -0.3 is 11.1 Å². The maximum absolute atomic E-state index is 11.8. The average Bonchev–Trinajstić information content (AvgIpc) is 2.78. The van der Waals surface area contributed by atoms with E-state index in [9.17, 15) is 4.79 Å². The fraction of sp³-hybridized carbons (Fsp3) is 0.154. The minimum absolute atomic E-state index is 0.114. The van der Waals surface area contributed by atoms with Gasteiger partial charge in [0.1, 0.15) is 4.88 Å². The average molecular weight is 281 g/mol. The molecule has 0 bridgehead atoms. The van der Waals surface area contributed by atoms with Crippen molar-refractivity contribution >= 4 is 34.5 Å². The number of nitrogens with one attached hydrogen (secondary N) is 1. The third kappa shape index (κ3) is 3.24. The van der Waals surface area contributed by atoms with Crippen molar-refractivity contribution in [3.8, 4) is 0 Å². The van der Waals surface area contributed by atoms with E-state index >= 15 is 0 Å². The molecule has 0 spiro atoms. The summed E-state index contributed by atoms with van der Waals surface area (Å²) in [5.74, 6) is -0.114. The van der Waals surface area contributed by atoms with E-state index in [-0.39, 0.29) is 5.91 Å². The van der Waals surface area contributed by atoms with Crippen LogP contribution >= 0.6 is 22.9 Å². The van der Waals surface area contributed by atoms with Crippen molar-refractivity contribution in [3.05, 3.63) is 51.2 Å². The lowest BCUT2D eigenvalue weighted by Crippen LogP contribution is -2.25. The molecule has 18 heavy (non-hydrogen) atoms. The van der Waals surface area contributed by atoms with Crippen molar-refractivity contribution in [2.75, 3.05) is 12.3 Å². The smallest absolute Gasteiger partial charge is 0.263 e. The zero-order valence-electron chi connectivity index (χ0n) is 9.65. The molecule has 1 aromatic carbocycles. The molecule has 5 heteroatoms. The van der Waals surface area contributed by atoms with E-state index in [1.54, 1.807) is 6.07 Å². The summed E-state index contributed by atoms with van der Waals surface area (Å²) in [6.07, 6.45) is 0.772. The second-order valence-corrected chi connectivity index (χ2v) is 5.19. The van der Waals surface area contributed by atoms with E-state index < -0.39 is 0 Å². The van der Waals surface area contributed by atoms with E-state index in [1.165, 1.54) is 11.3 Å². The van der Waals surface area contributed by atoms with E-state index in [2.05, 4.69) is 5.32 Å². The van der Waals surface area contributed by atoms with Gasteiger partial charge in [0.25, 0.3) is 5.91 Å². The van der Waals surface area contributed by atoms with Gasteiger partial charge in [-0.3, -0.25) is 4.79 Å². The first-order valence-electron chi connectivity index (χ1n) is 5.52. The first-order valence-corrected chi connectivity index (χ1v) is 6.78. The molecule has 0 radical (unpaired) electrons. The van der Waals surface area contributed by atoms with Crippen molar-refractivity contribution in [3.63, 3.8) is 0 Å². The van der Waals surface area contributed by atoms with Crippen molar-refractivity contribution in [1.29, 1.82) is 0 Å². The first kappa shape index (κ1) is 12.9. The summed E-state index contributed by atoms with van der Waals surface area (Å²) >= 11 is 7.15. The Morgan fingerprint density at radius 2 is 2.00 bits per heavy atom. The van der Waals surface area contributed by atoms with Crippen molar-refractivity contribution < 1.29 is 4.79 Å². The Hall–Kier alpha value is -1.52. The molecule has 0 saturated carbocycles. The van der Waals surface area contributed by atoms with Crippen LogP contribution in [0.4, 0.5) is 5.69 Å². The summed E-state index contributed by atoms with van der Waals surface area (Å²) in [5.41, 5.74) is 7.35. The van der Waals surface area contributed by atoms with Crippen molar-refractivity contribution in [2.24, 2.45) is 0 Å². The fourth-order valence-corrected chi connectivity index (χ4v) is 2.42. The highest BCUT2D eigenvalue weighted by Gasteiger charge is 2.09. The predicted octanol–water partition coefficient (Wildman–Crippen LogP) is 2.96. The van der Waals surface area contributed by atoms with Crippen LogP contribution in [0.15, 0.2) is 35.7 Å². The minimum Gasteiger partial charge on any atom is -0.397 e. The van der Waals surface area contributed by atoms with Crippen LogP contribution in [0.1, 0.15) is 15.2 Å². The van der Waals surface area contributed by atoms with Crippen LogP contribution in [-0.4, -0.2) is 12.5 Å². The SMILES string of the molecule is Nc1ccsc1C(=O)NCCc1ccc(Cl)cc1. The number of amides is 1. The quantitative estimate of drug-likeness (QED) is 0.905. The molecule has 0 atom stereocenters. The Morgan fingerprint density at radius 1 is 1.28 bits per heavy atom. The van der Waals surface area contributed by atoms with Crippen LogP contribution in [0.5, 0.6) is 0 Å². The van der Waals surface area contributed by atoms with Crippen LogP contribution in [0.2, 0.25) is 5.02 Å². The highest BCUT2D eigenvalue weighted by atomic mass is 35.5. The second kappa shape index (κ2) is 5.89. The van der Waals surface area contributed by atoms with Gasteiger partial charge in [-0.15, -0.1) is 11.3 Å². The largest absolute Gasteiger partial charge is 0.397 e.